The number of nitrogens with one attached hydrogen (secondary N) is 2. The minimum atomic E-state index is -1.18. The van der Waals surface area contributed by atoms with E-state index < -0.39 is 11.2 Å². The van der Waals surface area contributed by atoms with Gasteiger partial charge in [-0.05, 0) is 61.5 Å². The minimum Gasteiger partial charge on any atom is -0.478 e. The summed E-state index contributed by atoms with van der Waals surface area (Å²) in [5, 5.41) is 14.9. The van der Waals surface area contributed by atoms with E-state index >= 15 is 0 Å². The third-order valence-electron chi connectivity index (χ3n) is 4.41. The fourth-order valence-corrected chi connectivity index (χ4v) is 4.41. The first-order valence-corrected chi connectivity index (χ1v) is 11.5. The standard InChI is InChI=1S/C23H17Cl3N2O4S/c1-12(21(29)27-15-6-8-19(25)18(11-15)23(31)32)33-16-4-2-3-14(10-16)28-22(30)17-7-5-13(24)9-20(17)26/h2-12H,1H3,(H,27,29)(H,28,30)(H,31,32). The monoisotopic (exact) mass is 522 g/mol. The number of halogens is 3. The second-order valence-corrected chi connectivity index (χ2v) is 9.52. The predicted molar refractivity (Wildman–Crippen MR) is 133 cm³/mol. The number of benzene rings is 3. The van der Waals surface area contributed by atoms with Gasteiger partial charge in [-0.2, -0.15) is 0 Å². The van der Waals surface area contributed by atoms with Crippen LogP contribution in [0.25, 0.3) is 0 Å². The molecule has 10 heteroatoms. The van der Waals surface area contributed by atoms with Crippen LogP contribution < -0.4 is 10.6 Å². The molecule has 3 aromatic rings. The van der Waals surface area contributed by atoms with Crippen molar-refractivity contribution in [3.63, 3.8) is 0 Å². The molecule has 0 aromatic heterocycles. The van der Waals surface area contributed by atoms with E-state index in [1.807, 2.05) is 6.07 Å². The number of hydrogen-bond donors (Lipinski definition) is 3. The van der Waals surface area contributed by atoms with Crippen molar-refractivity contribution in [1.82, 2.24) is 0 Å². The number of hydrogen-bond acceptors (Lipinski definition) is 4. The maximum Gasteiger partial charge on any atom is 0.337 e. The van der Waals surface area contributed by atoms with E-state index in [1.54, 1.807) is 31.2 Å². The molecule has 6 nitrogen and oxygen atoms in total. The molecule has 0 aliphatic rings. The largest absolute Gasteiger partial charge is 0.478 e. The normalized spacial score (nSPS) is 11.5. The van der Waals surface area contributed by atoms with Crippen molar-refractivity contribution in [3.05, 3.63) is 86.9 Å². The highest BCUT2D eigenvalue weighted by molar-refractivity contribution is 8.00. The molecule has 0 bridgehead atoms. The van der Waals surface area contributed by atoms with Gasteiger partial charge in [-0.3, -0.25) is 9.59 Å². The predicted octanol–water partition coefficient (Wildman–Crippen LogP) is 6.72. The first-order chi connectivity index (χ1) is 15.6. The third-order valence-corrected chi connectivity index (χ3v) is 6.39. The Bertz CT molecular complexity index is 1240. The number of carbonyl (C=O) groups is 3. The Kier molecular flexibility index (Phi) is 8.26. The smallest absolute Gasteiger partial charge is 0.337 e. The summed E-state index contributed by atoms with van der Waals surface area (Å²) >= 11 is 19.1. The van der Waals surface area contributed by atoms with Crippen LogP contribution in [0.2, 0.25) is 15.1 Å². The molecule has 0 saturated heterocycles. The van der Waals surface area contributed by atoms with Gasteiger partial charge in [-0.1, -0.05) is 40.9 Å². The number of carbonyl (C=O) groups excluding carboxylic acids is 2. The number of rotatable bonds is 7. The molecule has 1 unspecified atom stereocenters. The summed E-state index contributed by atoms with van der Waals surface area (Å²) in [5.41, 5.74) is 1.05. The second kappa shape index (κ2) is 10.9. The Morgan fingerprint density at radius 2 is 1.58 bits per heavy atom. The molecule has 3 N–H and O–H groups in total. The molecule has 0 fully saturated rings. The molecule has 0 spiro atoms. The maximum absolute atomic E-state index is 12.6. The zero-order valence-corrected chi connectivity index (χ0v) is 20.1. The SMILES string of the molecule is CC(Sc1cccc(NC(=O)c2ccc(Cl)cc2Cl)c1)C(=O)Nc1ccc(Cl)c(C(=O)O)c1. The van der Waals surface area contributed by atoms with Crippen molar-refractivity contribution in [2.45, 2.75) is 17.1 Å². The van der Waals surface area contributed by atoms with E-state index in [0.29, 0.717) is 16.4 Å². The lowest BCUT2D eigenvalue weighted by Crippen LogP contribution is -2.22. The molecular formula is C23H17Cl3N2O4S. The fraction of sp³-hybridized carbons (Fsp3) is 0.0870. The van der Waals surface area contributed by atoms with Crippen LogP contribution in [0.5, 0.6) is 0 Å². The molecule has 0 aliphatic heterocycles. The van der Waals surface area contributed by atoms with Gasteiger partial charge in [-0.15, -0.1) is 11.8 Å². The van der Waals surface area contributed by atoms with Crippen molar-refractivity contribution < 1.29 is 19.5 Å². The summed E-state index contributed by atoms with van der Waals surface area (Å²) in [6.07, 6.45) is 0. The zero-order valence-electron chi connectivity index (χ0n) is 17.1. The van der Waals surface area contributed by atoms with Crippen LogP contribution in [0.1, 0.15) is 27.6 Å². The van der Waals surface area contributed by atoms with Crippen LogP contribution >= 0.6 is 46.6 Å². The Hall–Kier alpha value is -2.71. The summed E-state index contributed by atoms with van der Waals surface area (Å²) in [6, 6.07) is 15.9. The molecule has 33 heavy (non-hydrogen) atoms. The highest BCUT2D eigenvalue weighted by Gasteiger charge is 2.17. The number of anilines is 2. The summed E-state index contributed by atoms with van der Waals surface area (Å²) in [4.78, 5) is 37.1. The number of carboxylic acid groups (broad SMARTS) is 1. The van der Waals surface area contributed by atoms with Gasteiger partial charge in [0.05, 0.1) is 26.4 Å². The topological polar surface area (TPSA) is 95.5 Å². The first kappa shape index (κ1) is 24.9. The molecule has 170 valence electrons. The second-order valence-electron chi connectivity index (χ2n) is 6.86. The van der Waals surface area contributed by atoms with Gasteiger partial charge in [0.1, 0.15) is 0 Å². The quantitative estimate of drug-likeness (QED) is 0.299. The molecule has 0 aliphatic carbocycles. The maximum atomic E-state index is 12.6. The average Bonchev–Trinajstić information content (AvgIpc) is 2.75. The van der Waals surface area contributed by atoms with E-state index in [4.69, 9.17) is 34.8 Å². The van der Waals surface area contributed by atoms with Gasteiger partial charge in [0.2, 0.25) is 5.91 Å². The Morgan fingerprint density at radius 3 is 2.27 bits per heavy atom. The summed E-state index contributed by atoms with van der Waals surface area (Å²) in [6.45, 7) is 1.72. The van der Waals surface area contributed by atoms with Crippen LogP contribution in [-0.4, -0.2) is 28.1 Å². The van der Waals surface area contributed by atoms with Gasteiger partial charge >= 0.3 is 5.97 Å². The zero-order chi connectivity index (χ0) is 24.1. The van der Waals surface area contributed by atoms with E-state index in [-0.39, 0.29) is 33.0 Å². The summed E-state index contributed by atoms with van der Waals surface area (Å²) < 4.78 is 0. The van der Waals surface area contributed by atoms with Gasteiger partial charge in [0, 0.05) is 21.3 Å². The summed E-state index contributed by atoms with van der Waals surface area (Å²) in [5.74, 6) is -1.89. The number of thioether (sulfide) groups is 1. The fourth-order valence-electron chi connectivity index (χ4n) is 2.79. The van der Waals surface area contributed by atoms with Crippen LogP contribution in [0, 0.1) is 0 Å². The lowest BCUT2D eigenvalue weighted by atomic mass is 10.2. The van der Waals surface area contributed by atoms with Crippen LogP contribution in [-0.2, 0) is 4.79 Å². The highest BCUT2D eigenvalue weighted by Crippen LogP contribution is 2.28. The average molecular weight is 524 g/mol. The molecule has 0 radical (unpaired) electrons. The molecule has 1 atom stereocenters. The van der Waals surface area contributed by atoms with Gasteiger partial charge in [-0.25, -0.2) is 4.79 Å². The lowest BCUT2D eigenvalue weighted by Gasteiger charge is -2.14. The number of amides is 2. The minimum absolute atomic E-state index is 0.0849. The van der Waals surface area contributed by atoms with Crippen molar-refractivity contribution >= 4 is 75.7 Å². The molecule has 2 amide bonds. The van der Waals surface area contributed by atoms with E-state index in [1.165, 1.54) is 42.1 Å². The number of aromatic carboxylic acids is 1. The van der Waals surface area contributed by atoms with E-state index in [2.05, 4.69) is 10.6 Å². The third kappa shape index (κ3) is 6.65. The van der Waals surface area contributed by atoms with Crippen molar-refractivity contribution in [2.75, 3.05) is 10.6 Å². The summed E-state index contributed by atoms with van der Waals surface area (Å²) in [7, 11) is 0. The highest BCUT2D eigenvalue weighted by atomic mass is 35.5. The van der Waals surface area contributed by atoms with Crippen molar-refractivity contribution in [2.24, 2.45) is 0 Å². The molecule has 3 aromatic carbocycles. The van der Waals surface area contributed by atoms with E-state index in [0.717, 1.165) is 4.90 Å². The Labute approximate surface area is 209 Å². The molecule has 0 saturated carbocycles. The first-order valence-electron chi connectivity index (χ1n) is 9.51. The van der Waals surface area contributed by atoms with E-state index in [9.17, 15) is 19.5 Å². The van der Waals surface area contributed by atoms with Crippen LogP contribution in [0.4, 0.5) is 11.4 Å². The molecule has 3 rings (SSSR count). The van der Waals surface area contributed by atoms with Gasteiger partial charge in [0.15, 0.2) is 0 Å². The lowest BCUT2D eigenvalue weighted by molar-refractivity contribution is -0.115. The molecule has 0 heterocycles. The molecular weight excluding hydrogens is 507 g/mol. The van der Waals surface area contributed by atoms with Crippen molar-refractivity contribution in [3.8, 4) is 0 Å². The van der Waals surface area contributed by atoms with Gasteiger partial charge in [0.25, 0.3) is 5.91 Å². The van der Waals surface area contributed by atoms with Crippen LogP contribution in [0.15, 0.2) is 65.6 Å². The van der Waals surface area contributed by atoms with Gasteiger partial charge < -0.3 is 15.7 Å². The number of carboxylic acids is 1. The Balaban J connectivity index is 1.65. The van der Waals surface area contributed by atoms with Crippen molar-refractivity contribution in [1.29, 1.82) is 0 Å². The Morgan fingerprint density at radius 1 is 0.848 bits per heavy atom. The van der Waals surface area contributed by atoms with Crippen LogP contribution in [0.3, 0.4) is 0 Å².